The maximum absolute atomic E-state index is 13.7. The van der Waals surface area contributed by atoms with E-state index >= 15 is 0 Å². The van der Waals surface area contributed by atoms with E-state index in [9.17, 15) is 17.6 Å². The first-order valence-electron chi connectivity index (χ1n) is 10.0. The van der Waals surface area contributed by atoms with Crippen molar-refractivity contribution in [1.82, 2.24) is 15.3 Å². The SMILES string of the molecule is Cc1c(C(=O)NCCc2ccccc2F)sc2ncnc(NC[C@@H]3CCS(=O)(=O)C3)c12. The number of carbonyl (C=O) groups is 1. The lowest BCUT2D eigenvalue weighted by Crippen LogP contribution is -2.25. The second-order valence-electron chi connectivity index (χ2n) is 7.71. The molecule has 0 unspecified atom stereocenters. The van der Waals surface area contributed by atoms with E-state index in [4.69, 9.17) is 0 Å². The molecule has 2 aromatic heterocycles. The number of thiophene rings is 1. The molecule has 0 radical (unpaired) electrons. The third kappa shape index (κ3) is 4.85. The van der Waals surface area contributed by atoms with Crippen molar-refractivity contribution in [2.75, 3.05) is 29.9 Å². The van der Waals surface area contributed by atoms with Crippen LogP contribution in [0.2, 0.25) is 0 Å². The highest BCUT2D eigenvalue weighted by Gasteiger charge is 2.28. The molecule has 0 aliphatic carbocycles. The molecule has 1 atom stereocenters. The number of rotatable bonds is 7. The average Bonchev–Trinajstić information content (AvgIpc) is 3.27. The Labute approximate surface area is 184 Å². The summed E-state index contributed by atoms with van der Waals surface area (Å²) in [7, 11) is -2.94. The van der Waals surface area contributed by atoms with E-state index in [1.165, 1.54) is 23.7 Å². The number of anilines is 1. The molecule has 0 saturated carbocycles. The Morgan fingerprint density at radius 1 is 1.29 bits per heavy atom. The minimum atomic E-state index is -2.94. The summed E-state index contributed by atoms with van der Waals surface area (Å²) in [4.78, 5) is 22.6. The highest BCUT2D eigenvalue weighted by Crippen LogP contribution is 2.33. The van der Waals surface area contributed by atoms with E-state index in [-0.39, 0.29) is 29.1 Å². The number of nitrogens with zero attached hydrogens (tertiary/aromatic N) is 2. The quantitative estimate of drug-likeness (QED) is 0.560. The molecule has 10 heteroatoms. The summed E-state index contributed by atoms with van der Waals surface area (Å²) in [6.45, 7) is 2.67. The molecule has 3 aromatic rings. The lowest BCUT2D eigenvalue weighted by Gasteiger charge is -2.11. The zero-order valence-electron chi connectivity index (χ0n) is 17.0. The smallest absolute Gasteiger partial charge is 0.261 e. The summed E-state index contributed by atoms with van der Waals surface area (Å²) in [5.41, 5.74) is 1.33. The van der Waals surface area contributed by atoms with Crippen molar-refractivity contribution in [3.8, 4) is 0 Å². The third-order valence-corrected chi connectivity index (χ3v) is 8.49. The molecule has 164 valence electrons. The van der Waals surface area contributed by atoms with Crippen molar-refractivity contribution in [3.63, 3.8) is 0 Å². The zero-order valence-corrected chi connectivity index (χ0v) is 18.7. The number of amides is 1. The Bertz CT molecular complexity index is 1230. The summed E-state index contributed by atoms with van der Waals surface area (Å²) in [5, 5.41) is 6.87. The van der Waals surface area contributed by atoms with Crippen molar-refractivity contribution in [3.05, 3.63) is 52.4 Å². The van der Waals surface area contributed by atoms with Crippen LogP contribution in [-0.4, -0.2) is 48.9 Å². The standard InChI is InChI=1S/C21H23FN4O3S2/c1-13-17-19(24-10-14-7-9-31(28,29)11-14)25-12-26-21(17)30-18(13)20(27)23-8-6-15-4-2-3-5-16(15)22/h2-5,12,14H,6-11H2,1H3,(H,23,27)(H,24,25,26)/t14-/m0/s1. The Hall–Kier alpha value is -2.59. The van der Waals surface area contributed by atoms with Gasteiger partial charge in [-0.25, -0.2) is 22.8 Å². The summed E-state index contributed by atoms with van der Waals surface area (Å²) in [5.74, 6) is 0.559. The molecular formula is C21H23FN4O3S2. The normalized spacial score (nSPS) is 17.7. The molecule has 4 rings (SSSR count). The van der Waals surface area contributed by atoms with Crippen molar-refractivity contribution < 1.29 is 17.6 Å². The number of benzene rings is 1. The second-order valence-corrected chi connectivity index (χ2v) is 10.9. The molecule has 0 spiro atoms. The maximum atomic E-state index is 13.7. The van der Waals surface area contributed by atoms with Crippen LogP contribution < -0.4 is 10.6 Å². The van der Waals surface area contributed by atoms with Gasteiger partial charge in [0.25, 0.3) is 5.91 Å². The van der Waals surface area contributed by atoms with Crippen molar-refractivity contribution in [2.24, 2.45) is 5.92 Å². The molecule has 1 aliphatic rings. The molecule has 7 nitrogen and oxygen atoms in total. The van der Waals surface area contributed by atoms with Crippen LogP contribution in [0.15, 0.2) is 30.6 Å². The summed E-state index contributed by atoms with van der Waals surface area (Å²) in [6, 6.07) is 6.51. The number of carbonyl (C=O) groups excluding carboxylic acids is 1. The minimum Gasteiger partial charge on any atom is -0.369 e. The first-order chi connectivity index (χ1) is 14.8. The van der Waals surface area contributed by atoms with Gasteiger partial charge in [-0.2, -0.15) is 0 Å². The zero-order chi connectivity index (χ0) is 22.0. The van der Waals surface area contributed by atoms with Crippen LogP contribution in [0.1, 0.15) is 27.2 Å². The van der Waals surface area contributed by atoms with Crippen molar-refractivity contribution in [2.45, 2.75) is 19.8 Å². The van der Waals surface area contributed by atoms with Gasteiger partial charge in [0.15, 0.2) is 9.84 Å². The number of fused-ring (bicyclic) bond motifs is 1. The lowest BCUT2D eigenvalue weighted by molar-refractivity contribution is 0.0957. The van der Waals surface area contributed by atoms with E-state index in [0.29, 0.717) is 47.0 Å². The molecule has 1 aliphatic heterocycles. The molecule has 31 heavy (non-hydrogen) atoms. The highest BCUT2D eigenvalue weighted by molar-refractivity contribution is 7.91. The minimum absolute atomic E-state index is 0.0510. The fourth-order valence-electron chi connectivity index (χ4n) is 3.79. The van der Waals surface area contributed by atoms with E-state index in [2.05, 4.69) is 20.6 Å². The van der Waals surface area contributed by atoms with Gasteiger partial charge in [-0.3, -0.25) is 4.79 Å². The fraction of sp³-hybridized carbons (Fsp3) is 0.381. The van der Waals surface area contributed by atoms with Gasteiger partial charge in [0.1, 0.15) is 22.8 Å². The van der Waals surface area contributed by atoms with Gasteiger partial charge in [-0.1, -0.05) is 18.2 Å². The van der Waals surface area contributed by atoms with Crippen LogP contribution >= 0.6 is 11.3 Å². The summed E-state index contributed by atoms with van der Waals surface area (Å²) < 4.78 is 37.1. The number of aryl methyl sites for hydroxylation is 1. The Kier molecular flexibility index (Phi) is 6.19. The summed E-state index contributed by atoms with van der Waals surface area (Å²) in [6.07, 6.45) is 2.48. The number of nitrogens with one attached hydrogen (secondary N) is 2. The number of halogens is 1. The molecule has 1 amide bonds. The largest absolute Gasteiger partial charge is 0.369 e. The van der Waals surface area contributed by atoms with Crippen LogP contribution in [0.25, 0.3) is 10.2 Å². The predicted octanol–water partition coefficient (Wildman–Crippen LogP) is 2.96. The Morgan fingerprint density at radius 2 is 2.10 bits per heavy atom. The van der Waals surface area contributed by atoms with E-state index in [1.807, 2.05) is 6.92 Å². The van der Waals surface area contributed by atoms with Gasteiger partial charge in [-0.05, 0) is 42.9 Å². The molecule has 1 saturated heterocycles. The van der Waals surface area contributed by atoms with Gasteiger partial charge in [0, 0.05) is 13.1 Å². The van der Waals surface area contributed by atoms with Crippen molar-refractivity contribution in [1.29, 1.82) is 0 Å². The fourth-order valence-corrected chi connectivity index (χ4v) is 6.72. The summed E-state index contributed by atoms with van der Waals surface area (Å²) >= 11 is 1.28. The lowest BCUT2D eigenvalue weighted by atomic mass is 10.1. The molecule has 1 aromatic carbocycles. The number of hydrogen-bond acceptors (Lipinski definition) is 7. The van der Waals surface area contributed by atoms with E-state index < -0.39 is 9.84 Å². The second kappa shape index (κ2) is 8.88. The molecule has 1 fully saturated rings. The first kappa shape index (κ1) is 21.6. The van der Waals surface area contributed by atoms with Crippen LogP contribution in [0, 0.1) is 18.7 Å². The molecule has 0 bridgehead atoms. The highest BCUT2D eigenvalue weighted by atomic mass is 32.2. The van der Waals surface area contributed by atoms with Gasteiger partial charge in [0.05, 0.1) is 21.8 Å². The predicted molar refractivity (Wildman–Crippen MR) is 120 cm³/mol. The first-order valence-corrected chi connectivity index (χ1v) is 12.7. The van der Waals surface area contributed by atoms with Gasteiger partial charge in [-0.15, -0.1) is 11.3 Å². The van der Waals surface area contributed by atoms with Crippen LogP contribution in [0.5, 0.6) is 0 Å². The Balaban J connectivity index is 1.45. The number of aromatic nitrogens is 2. The monoisotopic (exact) mass is 462 g/mol. The average molecular weight is 463 g/mol. The molecule has 2 N–H and O–H groups in total. The van der Waals surface area contributed by atoms with E-state index in [1.54, 1.807) is 18.2 Å². The maximum Gasteiger partial charge on any atom is 0.261 e. The Morgan fingerprint density at radius 3 is 2.84 bits per heavy atom. The van der Waals surface area contributed by atoms with Crippen LogP contribution in [-0.2, 0) is 16.3 Å². The van der Waals surface area contributed by atoms with Crippen LogP contribution in [0.3, 0.4) is 0 Å². The van der Waals surface area contributed by atoms with Crippen LogP contribution in [0.4, 0.5) is 10.2 Å². The molecule has 3 heterocycles. The third-order valence-electron chi connectivity index (χ3n) is 5.46. The van der Waals surface area contributed by atoms with Gasteiger partial charge < -0.3 is 10.6 Å². The van der Waals surface area contributed by atoms with Crippen molar-refractivity contribution >= 4 is 43.1 Å². The number of sulfone groups is 1. The van der Waals surface area contributed by atoms with Gasteiger partial charge >= 0.3 is 0 Å². The van der Waals surface area contributed by atoms with Gasteiger partial charge in [0.2, 0.25) is 0 Å². The van der Waals surface area contributed by atoms with E-state index in [0.717, 1.165) is 10.9 Å². The topological polar surface area (TPSA) is 101 Å². The molecular weight excluding hydrogens is 439 g/mol. The number of hydrogen-bond donors (Lipinski definition) is 2.